The van der Waals surface area contributed by atoms with Crippen molar-refractivity contribution in [2.45, 2.75) is 13.0 Å². The third-order valence-corrected chi connectivity index (χ3v) is 3.08. The van der Waals surface area contributed by atoms with Gasteiger partial charge in [0.05, 0.1) is 12.2 Å². The minimum atomic E-state index is -0.875. The summed E-state index contributed by atoms with van der Waals surface area (Å²) in [4.78, 5) is 11.8. The van der Waals surface area contributed by atoms with Crippen LogP contribution in [0.4, 0.5) is 8.78 Å². The minimum Gasteiger partial charge on any atom is -0.392 e. The third kappa shape index (κ3) is 4.10. The van der Waals surface area contributed by atoms with E-state index < -0.39 is 17.5 Å². The average molecular weight is 291 g/mol. The maximum Gasteiger partial charge on any atom is 0.254 e. The van der Waals surface area contributed by atoms with Gasteiger partial charge in [0, 0.05) is 12.6 Å². The number of benzene rings is 2. The zero-order valence-corrected chi connectivity index (χ0v) is 11.3. The molecule has 0 aliphatic carbocycles. The molecule has 0 unspecified atom stereocenters. The van der Waals surface area contributed by atoms with Crippen molar-refractivity contribution in [2.75, 3.05) is 6.54 Å². The molecule has 2 aromatic carbocycles. The van der Waals surface area contributed by atoms with Crippen molar-refractivity contribution in [3.8, 4) is 0 Å². The quantitative estimate of drug-likeness (QED) is 0.889. The molecule has 2 rings (SSSR count). The Hall–Kier alpha value is -2.27. The number of nitrogens with one attached hydrogen (secondary N) is 1. The smallest absolute Gasteiger partial charge is 0.254 e. The van der Waals surface area contributed by atoms with Crippen molar-refractivity contribution in [3.63, 3.8) is 0 Å². The van der Waals surface area contributed by atoms with E-state index in [-0.39, 0.29) is 12.2 Å². The van der Waals surface area contributed by atoms with Crippen LogP contribution in [-0.2, 0) is 13.0 Å². The van der Waals surface area contributed by atoms with Gasteiger partial charge in [-0.15, -0.1) is 0 Å². The zero-order valence-electron chi connectivity index (χ0n) is 11.3. The molecule has 0 radical (unpaired) electrons. The fraction of sp³-hybridized carbons (Fsp3) is 0.188. The van der Waals surface area contributed by atoms with Gasteiger partial charge in [0.1, 0.15) is 11.6 Å². The normalized spacial score (nSPS) is 10.4. The van der Waals surface area contributed by atoms with Crippen molar-refractivity contribution < 1.29 is 18.7 Å². The third-order valence-electron chi connectivity index (χ3n) is 3.08. The Morgan fingerprint density at radius 3 is 2.33 bits per heavy atom. The molecule has 3 nitrogen and oxygen atoms in total. The van der Waals surface area contributed by atoms with Crippen LogP contribution in [0.5, 0.6) is 0 Å². The van der Waals surface area contributed by atoms with Crippen molar-refractivity contribution in [1.82, 2.24) is 5.32 Å². The van der Waals surface area contributed by atoms with Crippen LogP contribution in [0.3, 0.4) is 0 Å². The number of aliphatic hydroxyl groups excluding tert-OH is 1. The maximum absolute atomic E-state index is 13.4. The number of rotatable bonds is 5. The summed E-state index contributed by atoms with van der Waals surface area (Å²) < 4.78 is 26.2. The van der Waals surface area contributed by atoms with E-state index in [0.717, 1.165) is 23.3 Å². The van der Waals surface area contributed by atoms with Crippen LogP contribution in [-0.4, -0.2) is 17.6 Å². The molecule has 110 valence electrons. The Kier molecular flexibility index (Phi) is 5.00. The lowest BCUT2D eigenvalue weighted by atomic mass is 10.1. The number of hydrogen-bond acceptors (Lipinski definition) is 2. The van der Waals surface area contributed by atoms with E-state index in [2.05, 4.69) is 5.32 Å². The van der Waals surface area contributed by atoms with Crippen molar-refractivity contribution in [2.24, 2.45) is 0 Å². The summed E-state index contributed by atoms with van der Waals surface area (Å²) in [5.41, 5.74) is 1.63. The van der Waals surface area contributed by atoms with Gasteiger partial charge in [-0.3, -0.25) is 4.79 Å². The van der Waals surface area contributed by atoms with Gasteiger partial charge >= 0.3 is 0 Å². The molecule has 0 fully saturated rings. The molecule has 0 bridgehead atoms. The second kappa shape index (κ2) is 6.95. The standard InChI is InChI=1S/C16H15F2NO2/c17-13-5-6-14(15(18)9-13)16(21)19-8-7-11-1-3-12(10-20)4-2-11/h1-6,9,20H,7-8,10H2,(H,19,21). The predicted octanol–water partition coefficient (Wildman–Crippen LogP) is 2.43. The number of aliphatic hydroxyl groups is 1. The van der Waals surface area contributed by atoms with Gasteiger partial charge in [0.15, 0.2) is 0 Å². The van der Waals surface area contributed by atoms with Gasteiger partial charge in [0.2, 0.25) is 0 Å². The topological polar surface area (TPSA) is 49.3 Å². The van der Waals surface area contributed by atoms with Gasteiger partial charge < -0.3 is 10.4 Å². The maximum atomic E-state index is 13.4. The molecule has 0 saturated heterocycles. The summed E-state index contributed by atoms with van der Waals surface area (Å²) in [6.45, 7) is 0.328. The van der Waals surface area contributed by atoms with Crippen LogP contribution in [0.2, 0.25) is 0 Å². The van der Waals surface area contributed by atoms with E-state index >= 15 is 0 Å². The Morgan fingerprint density at radius 1 is 1.05 bits per heavy atom. The Labute approximate surface area is 121 Å². The minimum absolute atomic E-state index is 0.0130. The number of amides is 1. The molecular formula is C16H15F2NO2. The highest BCUT2D eigenvalue weighted by Gasteiger charge is 2.11. The van der Waals surface area contributed by atoms with E-state index in [1.807, 2.05) is 12.1 Å². The molecule has 0 saturated carbocycles. The van der Waals surface area contributed by atoms with Gasteiger partial charge in [-0.05, 0) is 29.7 Å². The molecule has 2 N–H and O–H groups in total. The van der Waals surface area contributed by atoms with Gasteiger partial charge in [-0.25, -0.2) is 8.78 Å². The van der Waals surface area contributed by atoms with Crippen LogP contribution >= 0.6 is 0 Å². The summed E-state index contributed by atoms with van der Waals surface area (Å²) in [6.07, 6.45) is 0.584. The SMILES string of the molecule is O=C(NCCc1ccc(CO)cc1)c1ccc(F)cc1F. The lowest BCUT2D eigenvalue weighted by Gasteiger charge is -2.07. The molecule has 5 heteroatoms. The lowest BCUT2D eigenvalue weighted by Crippen LogP contribution is -2.26. The molecule has 21 heavy (non-hydrogen) atoms. The first-order chi connectivity index (χ1) is 10.1. The highest BCUT2D eigenvalue weighted by atomic mass is 19.1. The zero-order chi connectivity index (χ0) is 15.2. The summed E-state index contributed by atoms with van der Waals surface area (Å²) in [5.74, 6) is -2.16. The lowest BCUT2D eigenvalue weighted by molar-refractivity contribution is 0.0950. The molecule has 0 aliphatic heterocycles. The van der Waals surface area contributed by atoms with Crippen LogP contribution in [0.25, 0.3) is 0 Å². The first-order valence-electron chi connectivity index (χ1n) is 6.52. The fourth-order valence-electron chi connectivity index (χ4n) is 1.90. The molecule has 1 amide bonds. The van der Waals surface area contributed by atoms with Gasteiger partial charge in [-0.1, -0.05) is 24.3 Å². The molecular weight excluding hydrogens is 276 g/mol. The number of halogens is 2. The Morgan fingerprint density at radius 2 is 1.71 bits per heavy atom. The van der Waals surface area contributed by atoms with Gasteiger partial charge in [-0.2, -0.15) is 0 Å². The van der Waals surface area contributed by atoms with Crippen molar-refractivity contribution in [1.29, 1.82) is 0 Å². The van der Waals surface area contributed by atoms with E-state index in [1.54, 1.807) is 12.1 Å². The summed E-state index contributed by atoms with van der Waals surface area (Å²) in [7, 11) is 0. The van der Waals surface area contributed by atoms with Crippen molar-refractivity contribution in [3.05, 3.63) is 70.8 Å². The summed E-state index contributed by atoms with van der Waals surface area (Å²) >= 11 is 0. The predicted molar refractivity (Wildman–Crippen MR) is 74.8 cm³/mol. The first kappa shape index (κ1) is 15.1. The number of hydrogen-bond donors (Lipinski definition) is 2. The van der Waals surface area contributed by atoms with Crippen LogP contribution in [0.15, 0.2) is 42.5 Å². The Balaban J connectivity index is 1.88. The summed E-state index contributed by atoms with van der Waals surface area (Å²) in [6, 6.07) is 10.2. The van der Waals surface area contributed by atoms with Crippen LogP contribution in [0.1, 0.15) is 21.5 Å². The van der Waals surface area contributed by atoms with Crippen LogP contribution < -0.4 is 5.32 Å². The largest absolute Gasteiger partial charge is 0.392 e. The second-order valence-corrected chi connectivity index (χ2v) is 4.60. The molecule has 0 spiro atoms. The molecule has 2 aromatic rings. The molecule has 0 heterocycles. The second-order valence-electron chi connectivity index (χ2n) is 4.60. The van der Waals surface area contributed by atoms with E-state index in [9.17, 15) is 13.6 Å². The highest BCUT2D eigenvalue weighted by molar-refractivity contribution is 5.94. The fourth-order valence-corrected chi connectivity index (χ4v) is 1.90. The van der Waals surface area contributed by atoms with Crippen molar-refractivity contribution >= 4 is 5.91 Å². The first-order valence-corrected chi connectivity index (χ1v) is 6.52. The average Bonchev–Trinajstić information content (AvgIpc) is 2.47. The monoisotopic (exact) mass is 291 g/mol. The van der Waals surface area contributed by atoms with Crippen LogP contribution in [0, 0.1) is 11.6 Å². The van der Waals surface area contributed by atoms with E-state index in [1.165, 1.54) is 0 Å². The van der Waals surface area contributed by atoms with E-state index in [4.69, 9.17) is 5.11 Å². The molecule has 0 atom stereocenters. The number of carbonyl (C=O) groups excluding carboxylic acids is 1. The van der Waals surface area contributed by atoms with Gasteiger partial charge in [0.25, 0.3) is 5.91 Å². The molecule has 0 aromatic heterocycles. The number of carbonyl (C=O) groups is 1. The highest BCUT2D eigenvalue weighted by Crippen LogP contribution is 2.09. The Bertz CT molecular complexity index is 627. The summed E-state index contributed by atoms with van der Waals surface area (Å²) in [5, 5.41) is 11.5. The van der Waals surface area contributed by atoms with E-state index in [0.29, 0.717) is 19.0 Å². The molecule has 0 aliphatic rings.